The third-order valence-electron chi connectivity index (χ3n) is 2.33. The number of benzene rings is 2. The van der Waals surface area contributed by atoms with Gasteiger partial charge in [0.25, 0.3) is 0 Å². The van der Waals surface area contributed by atoms with Crippen LogP contribution in [0, 0.1) is 6.92 Å². The molecule has 2 rings (SSSR count). The van der Waals surface area contributed by atoms with Gasteiger partial charge in [0.05, 0.1) is 0 Å². The number of thioether (sulfide) groups is 1. The summed E-state index contributed by atoms with van der Waals surface area (Å²) >= 11 is 1.90. The van der Waals surface area contributed by atoms with E-state index < -0.39 is 0 Å². The van der Waals surface area contributed by atoms with E-state index in [1.807, 2.05) is 11.8 Å². The van der Waals surface area contributed by atoms with Crippen molar-refractivity contribution in [2.24, 2.45) is 0 Å². The molecule has 0 aliphatic carbocycles. The van der Waals surface area contributed by atoms with E-state index in [1.54, 1.807) is 0 Å². The molecule has 2 aromatic carbocycles. The quantitative estimate of drug-likeness (QED) is 0.596. The fraction of sp³-hybridized carbons (Fsp3) is 0.188. The number of carbonyl (C=O) groups is 1. The topological polar surface area (TPSA) is 17.1 Å². The van der Waals surface area contributed by atoms with Crippen molar-refractivity contribution < 1.29 is 4.79 Å². The molecule has 18 heavy (non-hydrogen) atoms. The highest BCUT2D eigenvalue weighted by Gasteiger charge is 1.98. The van der Waals surface area contributed by atoms with Gasteiger partial charge < -0.3 is 4.79 Å². The zero-order chi connectivity index (χ0) is 13.2. The second kappa shape index (κ2) is 8.54. The molecule has 0 aliphatic heterocycles. The van der Waals surface area contributed by atoms with Crippen molar-refractivity contribution >= 4 is 18.0 Å². The van der Waals surface area contributed by atoms with Gasteiger partial charge in [-0.25, -0.2) is 0 Å². The summed E-state index contributed by atoms with van der Waals surface area (Å²) < 4.78 is 0. The predicted molar refractivity (Wildman–Crippen MR) is 78.9 cm³/mol. The summed E-state index contributed by atoms with van der Waals surface area (Å²) in [7, 11) is 0. The molecule has 0 spiro atoms. The van der Waals surface area contributed by atoms with Gasteiger partial charge in [0.1, 0.15) is 6.29 Å². The first kappa shape index (κ1) is 14.5. The second-order valence-corrected chi connectivity index (χ2v) is 4.79. The average Bonchev–Trinajstić information content (AvgIpc) is 2.40. The van der Waals surface area contributed by atoms with Crippen molar-refractivity contribution in [1.29, 1.82) is 0 Å². The minimum Gasteiger partial charge on any atom is -0.304 e. The predicted octanol–water partition coefficient (Wildman–Crippen LogP) is 4.49. The Labute approximate surface area is 113 Å². The maximum absolute atomic E-state index is 8.81. The number of carbonyl (C=O) groups excluding carboxylic acids is 1. The van der Waals surface area contributed by atoms with Gasteiger partial charge in [0.15, 0.2) is 0 Å². The molecular weight excluding hydrogens is 240 g/mol. The molecule has 0 N–H and O–H groups in total. The highest BCUT2D eigenvalue weighted by Crippen LogP contribution is 2.25. The van der Waals surface area contributed by atoms with E-state index in [9.17, 15) is 0 Å². The molecule has 0 saturated heterocycles. The maximum Gasteiger partial charge on any atom is 0.116 e. The monoisotopic (exact) mass is 258 g/mol. The maximum atomic E-state index is 8.81. The molecular formula is C16H18OS. The zero-order valence-corrected chi connectivity index (χ0v) is 11.6. The summed E-state index contributed by atoms with van der Waals surface area (Å²) in [5.41, 5.74) is 2.74. The van der Waals surface area contributed by atoms with Gasteiger partial charge in [-0.3, -0.25) is 0 Å². The van der Waals surface area contributed by atoms with Gasteiger partial charge in [-0.2, -0.15) is 0 Å². The van der Waals surface area contributed by atoms with Crippen molar-refractivity contribution in [3.8, 4) is 0 Å². The van der Waals surface area contributed by atoms with Gasteiger partial charge in [-0.15, -0.1) is 11.8 Å². The van der Waals surface area contributed by atoms with Gasteiger partial charge >= 0.3 is 0 Å². The van der Waals surface area contributed by atoms with Crippen LogP contribution in [-0.4, -0.2) is 6.29 Å². The molecule has 0 bridgehead atoms. The number of hydrogen-bond acceptors (Lipinski definition) is 2. The van der Waals surface area contributed by atoms with Gasteiger partial charge in [-0.1, -0.05) is 48.5 Å². The number of aldehydes is 1. The van der Waals surface area contributed by atoms with Crippen molar-refractivity contribution in [1.82, 2.24) is 0 Å². The van der Waals surface area contributed by atoms with Gasteiger partial charge in [-0.05, 0) is 31.0 Å². The minimum atomic E-state index is 0.750. The third kappa shape index (κ3) is 5.19. The first-order valence-electron chi connectivity index (χ1n) is 5.90. The fourth-order valence-corrected chi connectivity index (χ4v) is 2.44. The molecule has 0 aromatic heterocycles. The van der Waals surface area contributed by atoms with Crippen molar-refractivity contribution in [3.63, 3.8) is 0 Å². The molecule has 2 aromatic rings. The van der Waals surface area contributed by atoms with Crippen LogP contribution in [0.5, 0.6) is 0 Å². The molecule has 0 aliphatic rings. The highest BCUT2D eigenvalue weighted by atomic mass is 32.2. The van der Waals surface area contributed by atoms with E-state index in [-0.39, 0.29) is 0 Å². The Morgan fingerprint density at radius 2 is 1.56 bits per heavy atom. The van der Waals surface area contributed by atoms with Gasteiger partial charge in [0.2, 0.25) is 0 Å². The van der Waals surface area contributed by atoms with E-state index in [2.05, 4.69) is 61.5 Å². The van der Waals surface area contributed by atoms with Crippen LogP contribution < -0.4 is 0 Å². The molecule has 0 amide bonds. The summed E-state index contributed by atoms with van der Waals surface area (Å²) in [5, 5.41) is 0. The number of aryl methyl sites for hydroxylation is 1. The molecule has 0 radical (unpaired) electrons. The lowest BCUT2D eigenvalue weighted by Crippen LogP contribution is -1.81. The van der Waals surface area contributed by atoms with Crippen LogP contribution in [0.1, 0.15) is 18.1 Å². The summed E-state index contributed by atoms with van der Waals surface area (Å²) in [4.78, 5) is 10.2. The largest absolute Gasteiger partial charge is 0.304 e. The lowest BCUT2D eigenvalue weighted by molar-refractivity contribution is -0.106. The number of hydrogen-bond donors (Lipinski definition) is 0. The van der Waals surface area contributed by atoms with Crippen LogP contribution in [0.3, 0.4) is 0 Å². The Morgan fingerprint density at radius 3 is 2.17 bits per heavy atom. The Morgan fingerprint density at radius 1 is 1.00 bits per heavy atom. The molecule has 0 unspecified atom stereocenters. The summed E-state index contributed by atoms with van der Waals surface area (Å²) in [6, 6.07) is 19.1. The third-order valence-corrected chi connectivity index (χ3v) is 3.58. The SMILES string of the molecule is CC=O.Cc1ccccc1SCc1ccccc1. The molecule has 94 valence electrons. The second-order valence-electron chi connectivity index (χ2n) is 3.78. The van der Waals surface area contributed by atoms with Crippen molar-refractivity contribution in [2.45, 2.75) is 24.5 Å². The summed E-state index contributed by atoms with van der Waals surface area (Å²) in [6.07, 6.45) is 0.750. The van der Waals surface area contributed by atoms with E-state index in [0.29, 0.717) is 0 Å². The molecule has 2 heteroatoms. The lowest BCUT2D eigenvalue weighted by atomic mass is 10.2. The van der Waals surface area contributed by atoms with E-state index >= 15 is 0 Å². The minimum absolute atomic E-state index is 0.750. The van der Waals surface area contributed by atoms with E-state index in [4.69, 9.17) is 4.79 Å². The van der Waals surface area contributed by atoms with Crippen LogP contribution in [0.15, 0.2) is 59.5 Å². The lowest BCUT2D eigenvalue weighted by Gasteiger charge is -2.04. The Hall–Kier alpha value is -1.54. The normalized spacial score (nSPS) is 9.22. The Balaban J connectivity index is 0.000000492. The van der Waals surface area contributed by atoms with Crippen LogP contribution in [0.4, 0.5) is 0 Å². The fourth-order valence-electron chi connectivity index (χ4n) is 1.45. The van der Waals surface area contributed by atoms with Crippen LogP contribution >= 0.6 is 11.8 Å². The first-order chi connectivity index (χ1) is 8.77. The zero-order valence-electron chi connectivity index (χ0n) is 10.8. The van der Waals surface area contributed by atoms with Crippen LogP contribution in [-0.2, 0) is 10.5 Å². The van der Waals surface area contributed by atoms with Crippen LogP contribution in [0.2, 0.25) is 0 Å². The molecule has 0 saturated carbocycles. The standard InChI is InChI=1S/C14H14S.C2H4O/c1-12-7-5-6-10-14(12)15-11-13-8-3-2-4-9-13;1-2-3/h2-10H,11H2,1H3;2H,1H3. The number of rotatable bonds is 3. The van der Waals surface area contributed by atoms with Crippen LogP contribution in [0.25, 0.3) is 0 Å². The molecule has 0 atom stereocenters. The van der Waals surface area contributed by atoms with E-state index in [0.717, 1.165) is 12.0 Å². The Bertz CT molecular complexity index is 466. The molecule has 0 heterocycles. The van der Waals surface area contributed by atoms with Crippen molar-refractivity contribution in [2.75, 3.05) is 0 Å². The van der Waals surface area contributed by atoms with E-state index in [1.165, 1.54) is 22.9 Å². The van der Waals surface area contributed by atoms with Crippen molar-refractivity contribution in [3.05, 3.63) is 65.7 Å². The first-order valence-corrected chi connectivity index (χ1v) is 6.88. The highest BCUT2D eigenvalue weighted by molar-refractivity contribution is 7.98. The smallest absolute Gasteiger partial charge is 0.116 e. The summed E-state index contributed by atoms with van der Waals surface area (Å²) in [6.45, 7) is 3.60. The Kier molecular flexibility index (Phi) is 6.89. The van der Waals surface area contributed by atoms with Gasteiger partial charge in [0, 0.05) is 10.6 Å². The summed E-state index contributed by atoms with van der Waals surface area (Å²) in [5.74, 6) is 1.05. The average molecular weight is 258 g/mol. The molecule has 1 nitrogen and oxygen atoms in total. The molecule has 0 fully saturated rings.